The summed E-state index contributed by atoms with van der Waals surface area (Å²) < 4.78 is 0. The van der Waals surface area contributed by atoms with Crippen molar-refractivity contribution in [1.82, 2.24) is 9.97 Å². The van der Waals surface area contributed by atoms with Gasteiger partial charge in [0.15, 0.2) is 5.16 Å². The van der Waals surface area contributed by atoms with E-state index in [0.29, 0.717) is 0 Å². The maximum absolute atomic E-state index is 9.16. The number of benzene rings is 3. The van der Waals surface area contributed by atoms with Crippen molar-refractivity contribution in [3.8, 4) is 6.07 Å². The minimum absolute atomic E-state index is 0.724. The Morgan fingerprint density at radius 1 is 1.00 bits per heavy atom. The minimum atomic E-state index is 0.724. The van der Waals surface area contributed by atoms with Gasteiger partial charge in [-0.25, -0.2) is 4.98 Å². The third-order valence-corrected chi connectivity index (χ3v) is 4.75. The molecule has 4 heteroatoms. The number of rotatable bonds is 3. The van der Waals surface area contributed by atoms with Crippen molar-refractivity contribution in [2.24, 2.45) is 0 Å². The number of hydrogen-bond acceptors (Lipinski definition) is 3. The summed E-state index contributed by atoms with van der Waals surface area (Å²) in [7, 11) is 0. The van der Waals surface area contributed by atoms with Gasteiger partial charge in [-0.1, -0.05) is 54.2 Å². The van der Waals surface area contributed by atoms with Gasteiger partial charge in [-0.15, -0.1) is 0 Å². The summed E-state index contributed by atoms with van der Waals surface area (Å²) in [5.74, 6) is 0.725. The van der Waals surface area contributed by atoms with Crippen molar-refractivity contribution < 1.29 is 0 Å². The van der Waals surface area contributed by atoms with Crippen LogP contribution in [0.4, 0.5) is 0 Å². The fourth-order valence-corrected chi connectivity index (χ4v) is 3.53. The summed E-state index contributed by atoms with van der Waals surface area (Å²) in [5, 5.41) is 12.4. The topological polar surface area (TPSA) is 52.5 Å². The molecule has 3 aromatic carbocycles. The van der Waals surface area contributed by atoms with E-state index in [1.54, 1.807) is 11.8 Å². The molecule has 1 N–H and O–H groups in total. The van der Waals surface area contributed by atoms with Crippen LogP contribution in [0.2, 0.25) is 0 Å². The van der Waals surface area contributed by atoms with E-state index in [0.717, 1.165) is 33.1 Å². The van der Waals surface area contributed by atoms with E-state index < -0.39 is 0 Å². The molecule has 110 valence electrons. The number of aromatic amines is 1. The average Bonchev–Trinajstić information content (AvgIpc) is 2.99. The van der Waals surface area contributed by atoms with Gasteiger partial charge in [0.05, 0.1) is 22.7 Å². The smallest absolute Gasteiger partial charge is 0.166 e. The largest absolute Gasteiger partial charge is 0.333 e. The average molecular weight is 315 g/mol. The first-order valence-electron chi connectivity index (χ1n) is 7.33. The molecule has 0 saturated carbocycles. The van der Waals surface area contributed by atoms with Gasteiger partial charge in [-0.2, -0.15) is 5.26 Å². The van der Waals surface area contributed by atoms with Crippen LogP contribution >= 0.6 is 11.8 Å². The number of nitrogens with one attached hydrogen (secondary N) is 1. The van der Waals surface area contributed by atoms with E-state index in [2.05, 4.69) is 40.3 Å². The molecule has 0 unspecified atom stereocenters. The number of imidazole rings is 1. The van der Waals surface area contributed by atoms with Gasteiger partial charge in [0.25, 0.3) is 0 Å². The van der Waals surface area contributed by atoms with Crippen LogP contribution in [0.15, 0.2) is 65.8 Å². The van der Waals surface area contributed by atoms with Crippen LogP contribution in [0, 0.1) is 11.3 Å². The molecule has 0 saturated heterocycles. The van der Waals surface area contributed by atoms with Crippen LogP contribution in [-0.4, -0.2) is 9.97 Å². The summed E-state index contributed by atoms with van der Waals surface area (Å²) >= 11 is 1.62. The molecule has 4 rings (SSSR count). The summed E-state index contributed by atoms with van der Waals surface area (Å²) in [6, 6.07) is 22.4. The molecule has 4 aromatic rings. The maximum atomic E-state index is 9.16. The zero-order chi connectivity index (χ0) is 15.6. The second-order valence-corrected chi connectivity index (χ2v) is 6.28. The van der Waals surface area contributed by atoms with Crippen molar-refractivity contribution in [2.75, 3.05) is 0 Å². The van der Waals surface area contributed by atoms with Gasteiger partial charge < -0.3 is 4.98 Å². The predicted molar refractivity (Wildman–Crippen MR) is 94.3 cm³/mol. The van der Waals surface area contributed by atoms with Gasteiger partial charge in [0.1, 0.15) is 0 Å². The molecular weight excluding hydrogens is 302 g/mol. The van der Waals surface area contributed by atoms with Crippen molar-refractivity contribution in [3.63, 3.8) is 0 Å². The van der Waals surface area contributed by atoms with Crippen LogP contribution < -0.4 is 0 Å². The number of aromatic nitrogens is 2. The normalized spacial score (nSPS) is 10.9. The molecule has 0 atom stereocenters. The number of thioether (sulfide) groups is 1. The Labute approximate surface area is 138 Å². The molecule has 0 aliphatic heterocycles. The Morgan fingerprint density at radius 2 is 1.74 bits per heavy atom. The highest BCUT2D eigenvalue weighted by Crippen LogP contribution is 2.27. The van der Waals surface area contributed by atoms with E-state index in [1.807, 2.05) is 36.4 Å². The number of H-pyrrole nitrogens is 1. The Bertz CT molecular complexity index is 991. The van der Waals surface area contributed by atoms with Crippen LogP contribution in [0.5, 0.6) is 0 Å². The fraction of sp³-hybridized carbons (Fsp3) is 0.0526. The first-order chi connectivity index (χ1) is 11.3. The van der Waals surface area contributed by atoms with Gasteiger partial charge in [0, 0.05) is 5.75 Å². The summed E-state index contributed by atoms with van der Waals surface area (Å²) in [4.78, 5) is 8.02. The molecule has 0 radical (unpaired) electrons. The molecule has 1 aromatic heterocycles. The van der Waals surface area contributed by atoms with Crippen molar-refractivity contribution >= 4 is 33.6 Å². The third-order valence-electron chi connectivity index (χ3n) is 3.83. The molecule has 0 amide bonds. The summed E-state index contributed by atoms with van der Waals surface area (Å²) in [6.45, 7) is 0. The lowest BCUT2D eigenvalue weighted by molar-refractivity contribution is 1.08. The maximum Gasteiger partial charge on any atom is 0.166 e. The molecule has 0 fully saturated rings. The predicted octanol–water partition coefficient (Wildman–Crippen LogP) is 4.88. The molecule has 0 bridgehead atoms. The monoisotopic (exact) mass is 315 g/mol. The molecule has 0 aliphatic carbocycles. The van der Waals surface area contributed by atoms with E-state index in [-0.39, 0.29) is 0 Å². The Hall–Kier alpha value is -2.77. The van der Waals surface area contributed by atoms with Crippen LogP contribution in [-0.2, 0) is 5.75 Å². The standard InChI is InChI=1S/C19H13N3S/c20-11-15-7-3-4-8-16(15)12-23-19-21-17-9-13-5-1-2-6-14(13)10-18(17)22-19/h1-10H,12H2,(H,21,22). The molecule has 3 nitrogen and oxygen atoms in total. The minimum Gasteiger partial charge on any atom is -0.333 e. The summed E-state index contributed by atoms with van der Waals surface area (Å²) in [5.41, 5.74) is 3.77. The first kappa shape index (κ1) is 13.9. The Balaban J connectivity index is 1.64. The lowest BCUT2D eigenvalue weighted by Crippen LogP contribution is -1.87. The van der Waals surface area contributed by atoms with Crippen molar-refractivity contribution in [3.05, 3.63) is 71.8 Å². The molecular formula is C19H13N3S. The molecule has 1 heterocycles. The van der Waals surface area contributed by atoms with E-state index >= 15 is 0 Å². The van der Waals surface area contributed by atoms with Crippen LogP contribution in [0.3, 0.4) is 0 Å². The second kappa shape index (κ2) is 5.79. The van der Waals surface area contributed by atoms with Gasteiger partial charge in [-0.3, -0.25) is 0 Å². The molecule has 0 aliphatic rings. The summed E-state index contributed by atoms with van der Waals surface area (Å²) in [6.07, 6.45) is 0. The number of nitriles is 1. The number of fused-ring (bicyclic) bond motifs is 2. The van der Waals surface area contributed by atoms with E-state index in [1.165, 1.54) is 10.8 Å². The van der Waals surface area contributed by atoms with Crippen molar-refractivity contribution in [2.45, 2.75) is 10.9 Å². The fourth-order valence-electron chi connectivity index (χ4n) is 2.64. The first-order valence-corrected chi connectivity index (χ1v) is 8.31. The molecule has 0 spiro atoms. The number of hydrogen-bond donors (Lipinski definition) is 1. The quantitative estimate of drug-likeness (QED) is 0.548. The van der Waals surface area contributed by atoms with E-state index in [4.69, 9.17) is 5.26 Å². The van der Waals surface area contributed by atoms with Crippen LogP contribution in [0.1, 0.15) is 11.1 Å². The number of nitrogens with zero attached hydrogens (tertiary/aromatic N) is 2. The highest BCUT2D eigenvalue weighted by atomic mass is 32.2. The Morgan fingerprint density at radius 3 is 2.57 bits per heavy atom. The van der Waals surface area contributed by atoms with Crippen LogP contribution in [0.25, 0.3) is 21.8 Å². The zero-order valence-corrected chi connectivity index (χ0v) is 13.1. The van der Waals surface area contributed by atoms with Crippen molar-refractivity contribution in [1.29, 1.82) is 5.26 Å². The van der Waals surface area contributed by atoms with Gasteiger partial charge >= 0.3 is 0 Å². The second-order valence-electron chi connectivity index (χ2n) is 5.32. The van der Waals surface area contributed by atoms with Gasteiger partial charge in [0.2, 0.25) is 0 Å². The highest BCUT2D eigenvalue weighted by molar-refractivity contribution is 7.98. The Kier molecular flexibility index (Phi) is 3.49. The van der Waals surface area contributed by atoms with Gasteiger partial charge in [-0.05, 0) is 34.5 Å². The SMILES string of the molecule is N#Cc1ccccc1CSc1nc2cc3ccccc3cc2[nH]1. The highest BCUT2D eigenvalue weighted by Gasteiger charge is 2.07. The third kappa shape index (κ3) is 2.67. The molecule has 23 heavy (non-hydrogen) atoms. The lowest BCUT2D eigenvalue weighted by Gasteiger charge is -2.01. The zero-order valence-electron chi connectivity index (χ0n) is 12.3. The van der Waals surface area contributed by atoms with E-state index in [9.17, 15) is 0 Å². The lowest BCUT2D eigenvalue weighted by atomic mass is 10.1.